The summed E-state index contributed by atoms with van der Waals surface area (Å²) in [6, 6.07) is 0. The molecule has 4 heteroatoms. The van der Waals surface area contributed by atoms with E-state index >= 15 is 0 Å². The van der Waals surface area contributed by atoms with E-state index in [0.717, 1.165) is 17.2 Å². The number of anilines is 1. The zero-order valence-corrected chi connectivity index (χ0v) is 10.0. The Hall–Kier alpha value is -0.610. The first-order valence-corrected chi connectivity index (χ1v) is 5.65. The Bertz CT molecular complexity index is 286. The van der Waals surface area contributed by atoms with Gasteiger partial charge in [0, 0.05) is 4.88 Å². The van der Waals surface area contributed by atoms with Crippen LogP contribution in [-0.4, -0.2) is 22.2 Å². The molecule has 0 saturated carbocycles. The van der Waals surface area contributed by atoms with Crippen LogP contribution in [0.5, 0.6) is 0 Å². The number of nitrogens with zero attached hydrogens (tertiary/aromatic N) is 1. The van der Waals surface area contributed by atoms with E-state index in [9.17, 15) is 5.11 Å². The van der Waals surface area contributed by atoms with Crippen LogP contribution in [0, 0.1) is 13.8 Å². The van der Waals surface area contributed by atoms with E-state index in [1.165, 1.54) is 4.88 Å². The Morgan fingerprint density at radius 2 is 2.14 bits per heavy atom. The standard InChI is InChI=1S/C10H18N2OS/c1-5-10(4,6-13)12-9-11-7(2)8(3)14-9/h13H,5-6H2,1-4H3,(H,11,12). The molecule has 1 atom stereocenters. The van der Waals surface area contributed by atoms with Crippen molar-refractivity contribution in [3.05, 3.63) is 10.6 Å². The van der Waals surface area contributed by atoms with Gasteiger partial charge in [-0.1, -0.05) is 6.92 Å². The highest BCUT2D eigenvalue weighted by molar-refractivity contribution is 7.15. The Labute approximate surface area is 89.2 Å². The zero-order chi connectivity index (χ0) is 10.8. The second-order valence-electron chi connectivity index (χ2n) is 3.86. The van der Waals surface area contributed by atoms with Crippen LogP contribution in [-0.2, 0) is 0 Å². The molecule has 0 aliphatic carbocycles. The summed E-state index contributed by atoms with van der Waals surface area (Å²) in [4.78, 5) is 5.61. The molecule has 1 heterocycles. The molecule has 1 aromatic heterocycles. The van der Waals surface area contributed by atoms with E-state index in [0.29, 0.717) is 0 Å². The summed E-state index contributed by atoms with van der Waals surface area (Å²) in [5, 5.41) is 13.4. The first-order chi connectivity index (χ1) is 6.50. The SMILES string of the molecule is CCC(C)(CO)Nc1nc(C)c(C)s1. The summed E-state index contributed by atoms with van der Waals surface area (Å²) in [6.45, 7) is 8.23. The molecule has 0 aliphatic heterocycles. The summed E-state index contributed by atoms with van der Waals surface area (Å²) < 4.78 is 0. The van der Waals surface area contributed by atoms with Crippen molar-refractivity contribution in [1.29, 1.82) is 0 Å². The minimum absolute atomic E-state index is 0.126. The zero-order valence-electron chi connectivity index (χ0n) is 9.22. The highest BCUT2D eigenvalue weighted by Gasteiger charge is 2.21. The number of aliphatic hydroxyl groups excluding tert-OH is 1. The predicted octanol–water partition coefficient (Wildman–Crippen LogP) is 2.33. The Morgan fingerprint density at radius 1 is 1.50 bits per heavy atom. The summed E-state index contributed by atoms with van der Waals surface area (Å²) in [7, 11) is 0. The lowest BCUT2D eigenvalue weighted by Crippen LogP contribution is -2.37. The van der Waals surface area contributed by atoms with Crippen molar-refractivity contribution in [3.8, 4) is 0 Å². The highest BCUT2D eigenvalue weighted by Crippen LogP contribution is 2.25. The largest absolute Gasteiger partial charge is 0.394 e. The van der Waals surface area contributed by atoms with Gasteiger partial charge in [-0.15, -0.1) is 11.3 Å². The van der Waals surface area contributed by atoms with E-state index < -0.39 is 0 Å². The van der Waals surface area contributed by atoms with Crippen molar-refractivity contribution in [2.75, 3.05) is 11.9 Å². The average Bonchev–Trinajstić information content (AvgIpc) is 2.45. The van der Waals surface area contributed by atoms with Gasteiger partial charge in [-0.3, -0.25) is 0 Å². The van der Waals surface area contributed by atoms with Crippen LogP contribution in [0.25, 0.3) is 0 Å². The molecule has 1 rings (SSSR count). The van der Waals surface area contributed by atoms with Crippen molar-refractivity contribution in [3.63, 3.8) is 0 Å². The molecule has 0 amide bonds. The van der Waals surface area contributed by atoms with Gasteiger partial charge in [0.2, 0.25) is 0 Å². The van der Waals surface area contributed by atoms with E-state index in [2.05, 4.69) is 24.1 Å². The summed E-state index contributed by atoms with van der Waals surface area (Å²) >= 11 is 1.64. The van der Waals surface area contributed by atoms with Crippen molar-refractivity contribution < 1.29 is 5.11 Å². The second kappa shape index (κ2) is 4.28. The van der Waals surface area contributed by atoms with E-state index in [4.69, 9.17) is 0 Å². The van der Waals surface area contributed by atoms with Gasteiger partial charge in [-0.05, 0) is 27.2 Å². The number of aryl methyl sites for hydroxylation is 2. The quantitative estimate of drug-likeness (QED) is 0.808. The molecule has 0 radical (unpaired) electrons. The molecule has 1 aromatic rings. The van der Waals surface area contributed by atoms with Crippen molar-refractivity contribution in [2.45, 2.75) is 39.7 Å². The van der Waals surface area contributed by atoms with Crippen molar-refractivity contribution in [1.82, 2.24) is 4.98 Å². The number of aromatic nitrogens is 1. The van der Waals surface area contributed by atoms with Gasteiger partial charge in [0.15, 0.2) is 5.13 Å². The molecule has 0 fully saturated rings. The molecular formula is C10H18N2OS. The molecule has 0 bridgehead atoms. The molecule has 1 unspecified atom stereocenters. The normalized spacial score (nSPS) is 15.2. The van der Waals surface area contributed by atoms with Gasteiger partial charge in [-0.2, -0.15) is 0 Å². The fourth-order valence-electron chi connectivity index (χ4n) is 1.02. The third-order valence-corrected chi connectivity index (χ3v) is 3.55. The summed E-state index contributed by atoms with van der Waals surface area (Å²) in [5.74, 6) is 0. The topological polar surface area (TPSA) is 45.1 Å². The molecule has 3 nitrogen and oxygen atoms in total. The van der Waals surface area contributed by atoms with Crippen LogP contribution >= 0.6 is 11.3 Å². The maximum Gasteiger partial charge on any atom is 0.183 e. The fourth-order valence-corrected chi connectivity index (χ4v) is 1.99. The van der Waals surface area contributed by atoms with Crippen LogP contribution in [0.15, 0.2) is 0 Å². The first-order valence-electron chi connectivity index (χ1n) is 4.84. The smallest absolute Gasteiger partial charge is 0.183 e. The van der Waals surface area contributed by atoms with E-state index in [-0.39, 0.29) is 12.1 Å². The number of nitrogens with one attached hydrogen (secondary N) is 1. The maximum atomic E-state index is 9.24. The Morgan fingerprint density at radius 3 is 2.50 bits per heavy atom. The van der Waals surface area contributed by atoms with E-state index in [1.807, 2.05) is 13.8 Å². The van der Waals surface area contributed by atoms with Gasteiger partial charge in [0.05, 0.1) is 17.8 Å². The number of thiazole rings is 1. The maximum absolute atomic E-state index is 9.24. The molecule has 0 spiro atoms. The molecule has 14 heavy (non-hydrogen) atoms. The Kier molecular flexibility index (Phi) is 3.50. The number of hydrogen-bond acceptors (Lipinski definition) is 4. The average molecular weight is 214 g/mol. The molecule has 0 aromatic carbocycles. The lowest BCUT2D eigenvalue weighted by Gasteiger charge is -2.26. The predicted molar refractivity (Wildman–Crippen MR) is 61.0 cm³/mol. The lowest BCUT2D eigenvalue weighted by molar-refractivity contribution is 0.219. The van der Waals surface area contributed by atoms with Crippen LogP contribution in [0.1, 0.15) is 30.8 Å². The molecule has 80 valence electrons. The number of hydrogen-bond donors (Lipinski definition) is 2. The second-order valence-corrected chi connectivity index (χ2v) is 5.06. The highest BCUT2D eigenvalue weighted by atomic mass is 32.1. The van der Waals surface area contributed by atoms with Gasteiger partial charge < -0.3 is 10.4 Å². The van der Waals surface area contributed by atoms with Crippen molar-refractivity contribution >= 4 is 16.5 Å². The minimum Gasteiger partial charge on any atom is -0.394 e. The third-order valence-electron chi connectivity index (χ3n) is 2.57. The number of rotatable bonds is 4. The molecule has 0 saturated heterocycles. The molecule has 2 N–H and O–H groups in total. The number of aliphatic hydroxyl groups is 1. The monoisotopic (exact) mass is 214 g/mol. The van der Waals surface area contributed by atoms with Crippen LogP contribution < -0.4 is 5.32 Å². The van der Waals surface area contributed by atoms with Gasteiger partial charge in [0.25, 0.3) is 0 Å². The third kappa shape index (κ3) is 2.45. The van der Waals surface area contributed by atoms with Gasteiger partial charge in [-0.25, -0.2) is 4.98 Å². The van der Waals surface area contributed by atoms with Gasteiger partial charge >= 0.3 is 0 Å². The lowest BCUT2D eigenvalue weighted by atomic mass is 10.0. The van der Waals surface area contributed by atoms with Crippen LogP contribution in [0.4, 0.5) is 5.13 Å². The van der Waals surface area contributed by atoms with E-state index in [1.54, 1.807) is 11.3 Å². The molecular weight excluding hydrogens is 196 g/mol. The first kappa shape index (κ1) is 11.5. The van der Waals surface area contributed by atoms with Gasteiger partial charge in [0.1, 0.15) is 0 Å². The summed E-state index contributed by atoms with van der Waals surface area (Å²) in [5.41, 5.74) is 0.811. The molecule has 0 aliphatic rings. The Balaban J connectivity index is 2.77. The minimum atomic E-state index is -0.253. The van der Waals surface area contributed by atoms with Crippen LogP contribution in [0.3, 0.4) is 0 Å². The summed E-state index contributed by atoms with van der Waals surface area (Å²) in [6.07, 6.45) is 0.876. The van der Waals surface area contributed by atoms with Crippen molar-refractivity contribution in [2.24, 2.45) is 0 Å². The van der Waals surface area contributed by atoms with Crippen LogP contribution in [0.2, 0.25) is 0 Å². The fraction of sp³-hybridized carbons (Fsp3) is 0.700.